The number of methoxy groups -OCH3 is 1. The Morgan fingerprint density at radius 2 is 1.93 bits per heavy atom. The Morgan fingerprint density at radius 1 is 1.22 bits per heavy atom. The Hall–Kier alpha value is -2.08. The number of benzene rings is 1. The van der Waals surface area contributed by atoms with Gasteiger partial charge in [-0.05, 0) is 43.5 Å². The largest absolute Gasteiger partial charge is 0.497 e. The van der Waals surface area contributed by atoms with Crippen molar-refractivity contribution in [1.82, 2.24) is 9.88 Å². The summed E-state index contributed by atoms with van der Waals surface area (Å²) < 4.78 is 10.9. The van der Waals surface area contributed by atoms with Gasteiger partial charge in [-0.1, -0.05) is 19.8 Å². The van der Waals surface area contributed by atoms with E-state index in [1.54, 1.807) is 18.4 Å². The lowest BCUT2D eigenvalue weighted by Gasteiger charge is -2.24. The zero-order chi connectivity index (χ0) is 19.1. The van der Waals surface area contributed by atoms with E-state index in [0.29, 0.717) is 19.1 Å². The first-order valence-corrected chi connectivity index (χ1v) is 10.6. The van der Waals surface area contributed by atoms with E-state index in [9.17, 15) is 4.79 Å². The van der Waals surface area contributed by atoms with E-state index in [-0.39, 0.29) is 5.92 Å². The second kappa shape index (κ2) is 9.74. The molecule has 1 heterocycles. The Balaban J connectivity index is 1.55. The molecule has 0 aliphatic heterocycles. The highest BCUT2D eigenvalue weighted by molar-refractivity contribution is 7.09. The molecule has 1 aromatic carbocycles. The van der Waals surface area contributed by atoms with Gasteiger partial charge in [-0.25, -0.2) is 4.98 Å². The Bertz CT molecular complexity index is 723. The monoisotopic (exact) mass is 388 g/mol. The Kier molecular flexibility index (Phi) is 7.10. The molecule has 27 heavy (non-hydrogen) atoms. The van der Waals surface area contributed by atoms with Gasteiger partial charge in [-0.2, -0.15) is 0 Å². The molecule has 1 aromatic heterocycles. The number of ether oxygens (including phenoxy) is 2. The normalized spacial score (nSPS) is 14.3. The maximum Gasteiger partial charge on any atom is 0.226 e. The van der Waals surface area contributed by atoms with Crippen molar-refractivity contribution in [3.8, 4) is 11.5 Å². The third-order valence-electron chi connectivity index (χ3n) is 4.88. The fourth-order valence-corrected chi connectivity index (χ4v) is 4.16. The summed E-state index contributed by atoms with van der Waals surface area (Å²) in [5, 5.41) is 2.96. The first-order chi connectivity index (χ1) is 13.2. The van der Waals surface area contributed by atoms with Crippen molar-refractivity contribution in [1.29, 1.82) is 0 Å². The van der Waals surface area contributed by atoms with Crippen molar-refractivity contribution in [3.63, 3.8) is 0 Å². The molecule has 0 atom stereocenters. The number of carbonyl (C=O) groups is 1. The van der Waals surface area contributed by atoms with E-state index in [0.717, 1.165) is 48.0 Å². The number of rotatable bonds is 9. The standard InChI is InChI=1S/C21H28N2O3S/c1-3-12-23(21(24)16-6-4-5-7-16)13-17-15-27-20(22-17)14-26-19-10-8-18(25-2)9-11-19/h8-11,15-16H,3-7,12-14H2,1-2H3. The van der Waals surface area contributed by atoms with Crippen molar-refractivity contribution >= 4 is 17.2 Å². The minimum Gasteiger partial charge on any atom is -0.497 e. The van der Waals surface area contributed by atoms with Crippen molar-refractivity contribution < 1.29 is 14.3 Å². The third-order valence-corrected chi connectivity index (χ3v) is 5.75. The van der Waals surface area contributed by atoms with Crippen LogP contribution in [0.25, 0.3) is 0 Å². The second-order valence-electron chi connectivity index (χ2n) is 6.94. The van der Waals surface area contributed by atoms with E-state index in [4.69, 9.17) is 9.47 Å². The predicted molar refractivity (Wildman–Crippen MR) is 107 cm³/mol. The fourth-order valence-electron chi connectivity index (χ4n) is 3.47. The van der Waals surface area contributed by atoms with Crippen LogP contribution in [0.15, 0.2) is 29.6 Å². The molecule has 2 aromatic rings. The van der Waals surface area contributed by atoms with Gasteiger partial charge in [0.15, 0.2) is 0 Å². The molecule has 0 N–H and O–H groups in total. The molecule has 0 saturated heterocycles. The summed E-state index contributed by atoms with van der Waals surface area (Å²) in [4.78, 5) is 19.4. The van der Waals surface area contributed by atoms with Crippen LogP contribution in [0.5, 0.6) is 11.5 Å². The zero-order valence-electron chi connectivity index (χ0n) is 16.1. The van der Waals surface area contributed by atoms with Gasteiger partial charge in [0, 0.05) is 17.8 Å². The Morgan fingerprint density at radius 3 is 2.59 bits per heavy atom. The summed E-state index contributed by atoms with van der Waals surface area (Å²) in [7, 11) is 1.65. The van der Waals surface area contributed by atoms with Gasteiger partial charge in [-0.15, -0.1) is 11.3 Å². The summed E-state index contributed by atoms with van der Waals surface area (Å²) in [6.45, 7) is 3.94. The van der Waals surface area contributed by atoms with Crippen LogP contribution in [0.4, 0.5) is 0 Å². The minimum absolute atomic E-state index is 0.216. The van der Waals surface area contributed by atoms with Crippen LogP contribution in [-0.4, -0.2) is 29.4 Å². The molecule has 1 aliphatic rings. The van der Waals surface area contributed by atoms with Crippen LogP contribution < -0.4 is 9.47 Å². The highest BCUT2D eigenvalue weighted by Crippen LogP contribution is 2.27. The molecule has 146 valence electrons. The average Bonchev–Trinajstić information content (AvgIpc) is 3.38. The van der Waals surface area contributed by atoms with E-state index >= 15 is 0 Å². The molecule has 6 heteroatoms. The maximum atomic E-state index is 12.8. The van der Waals surface area contributed by atoms with Gasteiger partial charge in [-0.3, -0.25) is 4.79 Å². The summed E-state index contributed by atoms with van der Waals surface area (Å²) in [6, 6.07) is 7.52. The highest BCUT2D eigenvalue weighted by atomic mass is 32.1. The number of hydrogen-bond acceptors (Lipinski definition) is 5. The SMILES string of the molecule is CCCN(Cc1csc(COc2ccc(OC)cc2)n1)C(=O)C1CCCC1. The van der Waals surface area contributed by atoms with Gasteiger partial charge in [0.1, 0.15) is 23.1 Å². The molecule has 3 rings (SSSR count). The number of amides is 1. The van der Waals surface area contributed by atoms with Crippen molar-refractivity contribution in [2.24, 2.45) is 5.92 Å². The molecule has 1 saturated carbocycles. The lowest BCUT2D eigenvalue weighted by molar-refractivity contribution is -0.136. The van der Waals surface area contributed by atoms with Crippen LogP contribution in [-0.2, 0) is 17.9 Å². The summed E-state index contributed by atoms with van der Waals surface area (Å²) in [5.74, 6) is 2.12. The first kappa shape index (κ1) is 19.7. The third kappa shape index (κ3) is 5.45. The quantitative estimate of drug-likeness (QED) is 0.627. The van der Waals surface area contributed by atoms with E-state index in [1.165, 1.54) is 12.8 Å². The molecule has 0 bridgehead atoms. The maximum absolute atomic E-state index is 12.8. The second-order valence-corrected chi connectivity index (χ2v) is 7.88. The minimum atomic E-state index is 0.216. The fraction of sp³-hybridized carbons (Fsp3) is 0.524. The molecule has 0 spiro atoms. The van der Waals surface area contributed by atoms with Gasteiger partial charge >= 0.3 is 0 Å². The lowest BCUT2D eigenvalue weighted by Crippen LogP contribution is -2.35. The summed E-state index contributed by atoms with van der Waals surface area (Å²) in [5.41, 5.74) is 0.952. The molecule has 0 radical (unpaired) electrons. The number of carbonyl (C=O) groups excluding carboxylic acids is 1. The topological polar surface area (TPSA) is 51.7 Å². The lowest BCUT2D eigenvalue weighted by atomic mass is 10.1. The molecule has 5 nitrogen and oxygen atoms in total. The van der Waals surface area contributed by atoms with Gasteiger partial charge in [0.05, 0.1) is 19.3 Å². The summed E-state index contributed by atoms with van der Waals surface area (Å²) in [6.07, 6.45) is 5.41. The molecule has 1 amide bonds. The van der Waals surface area contributed by atoms with Crippen molar-refractivity contribution in [2.45, 2.75) is 52.2 Å². The number of hydrogen-bond donors (Lipinski definition) is 0. The number of thiazole rings is 1. The van der Waals surface area contributed by atoms with E-state index < -0.39 is 0 Å². The van der Waals surface area contributed by atoms with Crippen LogP contribution in [0.1, 0.15) is 49.7 Å². The van der Waals surface area contributed by atoms with Crippen LogP contribution >= 0.6 is 11.3 Å². The van der Waals surface area contributed by atoms with E-state index in [1.807, 2.05) is 34.5 Å². The van der Waals surface area contributed by atoms with Crippen molar-refractivity contribution in [2.75, 3.05) is 13.7 Å². The molecule has 1 fully saturated rings. The Labute approximate surface area is 165 Å². The first-order valence-electron chi connectivity index (χ1n) is 9.68. The predicted octanol–water partition coefficient (Wildman–Crippen LogP) is 4.66. The molecular formula is C21H28N2O3S. The zero-order valence-corrected chi connectivity index (χ0v) is 17.0. The van der Waals surface area contributed by atoms with Gasteiger partial charge < -0.3 is 14.4 Å². The molecule has 1 aliphatic carbocycles. The van der Waals surface area contributed by atoms with Crippen LogP contribution in [0, 0.1) is 5.92 Å². The summed E-state index contributed by atoms with van der Waals surface area (Å²) >= 11 is 1.58. The molecular weight excluding hydrogens is 360 g/mol. The van der Waals surface area contributed by atoms with Gasteiger partial charge in [0.25, 0.3) is 0 Å². The van der Waals surface area contributed by atoms with Crippen LogP contribution in [0.3, 0.4) is 0 Å². The van der Waals surface area contributed by atoms with Crippen molar-refractivity contribution in [3.05, 3.63) is 40.3 Å². The van der Waals surface area contributed by atoms with E-state index in [2.05, 4.69) is 11.9 Å². The number of nitrogens with zero attached hydrogens (tertiary/aromatic N) is 2. The average molecular weight is 389 g/mol. The smallest absolute Gasteiger partial charge is 0.226 e. The highest BCUT2D eigenvalue weighted by Gasteiger charge is 2.27. The van der Waals surface area contributed by atoms with Gasteiger partial charge in [0.2, 0.25) is 5.91 Å². The number of aromatic nitrogens is 1. The molecule has 0 unspecified atom stereocenters. The van der Waals surface area contributed by atoms with Crippen LogP contribution in [0.2, 0.25) is 0 Å².